The Balaban J connectivity index is 1.96. The van der Waals surface area contributed by atoms with Crippen molar-refractivity contribution in [3.63, 3.8) is 0 Å². The molecule has 0 saturated carbocycles. The lowest BCUT2D eigenvalue weighted by Gasteiger charge is -2.18. The maximum Gasteiger partial charge on any atom is 0.188 e. The Hall–Kier alpha value is -2.19. The van der Waals surface area contributed by atoms with Crippen molar-refractivity contribution in [2.75, 3.05) is 13.9 Å². The van der Waals surface area contributed by atoms with Gasteiger partial charge < -0.3 is 14.6 Å². The van der Waals surface area contributed by atoms with Crippen LogP contribution < -0.4 is 15.3 Å². The SMILES string of the molecule is COCOc1c(Cc2ccccc2)cccc1Pc1ccccc1C(C)O. The number of methoxy groups -OCH3 is 1. The van der Waals surface area contributed by atoms with Crippen molar-refractivity contribution >= 4 is 19.2 Å². The molecule has 2 atom stereocenters. The molecule has 3 aromatic carbocycles. The second-order valence-electron chi connectivity index (χ2n) is 6.40. The highest BCUT2D eigenvalue weighted by atomic mass is 31.1. The largest absolute Gasteiger partial charge is 0.467 e. The van der Waals surface area contributed by atoms with Gasteiger partial charge in [-0.15, -0.1) is 0 Å². The van der Waals surface area contributed by atoms with E-state index in [-0.39, 0.29) is 6.79 Å². The Kier molecular flexibility index (Phi) is 7.00. The van der Waals surface area contributed by atoms with Crippen molar-refractivity contribution < 1.29 is 14.6 Å². The second kappa shape index (κ2) is 9.66. The first-order chi connectivity index (χ1) is 13.2. The summed E-state index contributed by atoms with van der Waals surface area (Å²) in [6.45, 7) is 2.01. The average molecular weight is 380 g/mol. The van der Waals surface area contributed by atoms with Gasteiger partial charge in [-0.3, -0.25) is 0 Å². The zero-order valence-corrected chi connectivity index (χ0v) is 16.7. The zero-order valence-electron chi connectivity index (χ0n) is 15.7. The van der Waals surface area contributed by atoms with E-state index in [4.69, 9.17) is 9.47 Å². The van der Waals surface area contributed by atoms with E-state index in [2.05, 4.69) is 48.5 Å². The molecule has 0 aliphatic heterocycles. The molecule has 0 bridgehead atoms. The van der Waals surface area contributed by atoms with E-state index in [0.717, 1.165) is 33.9 Å². The third-order valence-electron chi connectivity index (χ3n) is 4.34. The molecule has 0 aromatic heterocycles. The molecule has 0 aliphatic carbocycles. The van der Waals surface area contributed by atoms with Gasteiger partial charge in [-0.25, -0.2) is 0 Å². The normalized spacial score (nSPS) is 12.4. The van der Waals surface area contributed by atoms with Crippen molar-refractivity contribution in [1.82, 2.24) is 0 Å². The number of hydrogen-bond acceptors (Lipinski definition) is 3. The molecule has 140 valence electrons. The van der Waals surface area contributed by atoms with Gasteiger partial charge in [0.05, 0.1) is 6.10 Å². The molecule has 0 heterocycles. The summed E-state index contributed by atoms with van der Waals surface area (Å²) < 4.78 is 11.1. The highest BCUT2D eigenvalue weighted by Crippen LogP contribution is 2.28. The molecule has 2 unspecified atom stereocenters. The minimum absolute atomic E-state index is 0.210. The number of rotatable bonds is 8. The fourth-order valence-corrected chi connectivity index (χ4v) is 4.48. The summed E-state index contributed by atoms with van der Waals surface area (Å²) in [5.41, 5.74) is 3.34. The minimum atomic E-state index is -0.496. The summed E-state index contributed by atoms with van der Waals surface area (Å²) in [6.07, 6.45) is 0.306. The Morgan fingerprint density at radius 1 is 0.889 bits per heavy atom. The Morgan fingerprint density at radius 2 is 1.59 bits per heavy atom. The molecule has 4 heteroatoms. The van der Waals surface area contributed by atoms with Gasteiger partial charge >= 0.3 is 0 Å². The molecule has 0 fully saturated rings. The molecule has 3 rings (SSSR count). The van der Waals surface area contributed by atoms with Crippen LogP contribution in [0.5, 0.6) is 5.75 Å². The quantitative estimate of drug-likeness (QED) is 0.475. The maximum atomic E-state index is 10.1. The molecule has 0 saturated heterocycles. The van der Waals surface area contributed by atoms with Crippen LogP contribution in [0.1, 0.15) is 29.7 Å². The molecule has 0 aliphatic rings. The Labute approximate surface area is 162 Å². The van der Waals surface area contributed by atoms with Crippen LogP contribution in [-0.2, 0) is 11.2 Å². The fourth-order valence-electron chi connectivity index (χ4n) is 3.05. The number of aliphatic hydroxyl groups excluding tert-OH is 1. The van der Waals surface area contributed by atoms with Crippen LogP contribution in [0.2, 0.25) is 0 Å². The zero-order chi connectivity index (χ0) is 19.1. The standard InChI is InChI=1S/C23H25O3P/c1-17(24)20-12-6-7-13-21(20)27-22-14-8-11-19(23(22)26-16-25-2)15-18-9-4-3-5-10-18/h3-14,17,24,27H,15-16H2,1-2H3. The highest BCUT2D eigenvalue weighted by molar-refractivity contribution is 7.55. The van der Waals surface area contributed by atoms with Crippen LogP contribution >= 0.6 is 8.58 Å². The van der Waals surface area contributed by atoms with E-state index in [1.165, 1.54) is 5.56 Å². The predicted molar refractivity (Wildman–Crippen MR) is 113 cm³/mol. The van der Waals surface area contributed by atoms with Gasteiger partial charge in [-0.1, -0.05) is 81.4 Å². The van der Waals surface area contributed by atoms with Gasteiger partial charge in [-0.05, 0) is 28.9 Å². The lowest BCUT2D eigenvalue weighted by Crippen LogP contribution is -2.15. The van der Waals surface area contributed by atoms with Gasteiger partial charge in [0, 0.05) is 18.8 Å². The first-order valence-corrected chi connectivity index (χ1v) is 10.0. The predicted octanol–water partition coefficient (Wildman–Crippen LogP) is 3.94. The second-order valence-corrected chi connectivity index (χ2v) is 7.72. The van der Waals surface area contributed by atoms with Crippen molar-refractivity contribution in [2.24, 2.45) is 0 Å². The van der Waals surface area contributed by atoms with Crippen LogP contribution in [-0.4, -0.2) is 19.0 Å². The smallest absolute Gasteiger partial charge is 0.188 e. The minimum Gasteiger partial charge on any atom is -0.467 e. The summed E-state index contributed by atoms with van der Waals surface area (Å²) in [5.74, 6) is 0.877. The van der Waals surface area contributed by atoms with E-state index in [1.54, 1.807) is 14.0 Å². The molecule has 0 amide bonds. The molecule has 0 spiro atoms. The van der Waals surface area contributed by atoms with Crippen molar-refractivity contribution in [1.29, 1.82) is 0 Å². The van der Waals surface area contributed by atoms with Crippen molar-refractivity contribution in [2.45, 2.75) is 19.4 Å². The lowest BCUT2D eigenvalue weighted by molar-refractivity contribution is 0.0513. The molecular formula is C23H25O3P. The van der Waals surface area contributed by atoms with Gasteiger partial charge in [-0.2, -0.15) is 0 Å². The van der Waals surface area contributed by atoms with E-state index in [0.29, 0.717) is 8.58 Å². The Morgan fingerprint density at radius 3 is 2.33 bits per heavy atom. The van der Waals surface area contributed by atoms with Gasteiger partial charge in [0.1, 0.15) is 5.75 Å². The van der Waals surface area contributed by atoms with Gasteiger partial charge in [0.2, 0.25) is 0 Å². The summed E-state index contributed by atoms with van der Waals surface area (Å²) in [5, 5.41) is 12.3. The highest BCUT2D eigenvalue weighted by Gasteiger charge is 2.14. The van der Waals surface area contributed by atoms with Crippen molar-refractivity contribution in [3.8, 4) is 5.75 Å². The molecule has 27 heavy (non-hydrogen) atoms. The van der Waals surface area contributed by atoms with E-state index in [9.17, 15) is 5.11 Å². The topological polar surface area (TPSA) is 38.7 Å². The third kappa shape index (κ3) is 5.17. The molecule has 0 radical (unpaired) electrons. The number of ether oxygens (including phenoxy) is 2. The van der Waals surface area contributed by atoms with Crippen LogP contribution in [0, 0.1) is 0 Å². The summed E-state index contributed by atoms with van der Waals surface area (Å²) in [7, 11) is 2.02. The van der Waals surface area contributed by atoms with E-state index < -0.39 is 6.10 Å². The van der Waals surface area contributed by atoms with Crippen LogP contribution in [0.4, 0.5) is 0 Å². The summed E-state index contributed by atoms with van der Waals surface area (Å²) in [6, 6.07) is 24.7. The van der Waals surface area contributed by atoms with Gasteiger partial charge in [0.25, 0.3) is 0 Å². The fraction of sp³-hybridized carbons (Fsp3) is 0.217. The molecular weight excluding hydrogens is 355 g/mol. The summed E-state index contributed by atoms with van der Waals surface area (Å²) >= 11 is 0. The molecule has 3 nitrogen and oxygen atoms in total. The third-order valence-corrected chi connectivity index (χ3v) is 5.72. The number of para-hydroxylation sites is 1. The van der Waals surface area contributed by atoms with E-state index >= 15 is 0 Å². The lowest BCUT2D eigenvalue weighted by atomic mass is 10.0. The first kappa shape index (κ1) is 19.6. The number of benzene rings is 3. The van der Waals surface area contributed by atoms with Crippen molar-refractivity contribution in [3.05, 3.63) is 89.5 Å². The average Bonchev–Trinajstić information content (AvgIpc) is 2.68. The Bertz CT molecular complexity index is 863. The number of hydrogen-bond donors (Lipinski definition) is 1. The monoisotopic (exact) mass is 380 g/mol. The molecule has 1 N–H and O–H groups in total. The number of aliphatic hydroxyl groups is 1. The first-order valence-electron chi connectivity index (χ1n) is 9.00. The summed E-state index contributed by atoms with van der Waals surface area (Å²) in [4.78, 5) is 0. The van der Waals surface area contributed by atoms with Crippen LogP contribution in [0.25, 0.3) is 0 Å². The van der Waals surface area contributed by atoms with Gasteiger partial charge in [0.15, 0.2) is 6.79 Å². The molecule has 3 aromatic rings. The van der Waals surface area contributed by atoms with Crippen LogP contribution in [0.15, 0.2) is 72.8 Å². The van der Waals surface area contributed by atoms with E-state index in [1.807, 2.05) is 24.3 Å². The maximum absolute atomic E-state index is 10.1. The van der Waals surface area contributed by atoms with Crippen LogP contribution in [0.3, 0.4) is 0 Å².